The normalized spacial score (nSPS) is 15.6. The molecule has 0 aliphatic carbocycles. The van der Waals surface area contributed by atoms with E-state index in [1.807, 2.05) is 31.2 Å². The fourth-order valence-electron chi connectivity index (χ4n) is 2.06. The highest BCUT2D eigenvalue weighted by atomic mass is 79.9. The van der Waals surface area contributed by atoms with E-state index in [9.17, 15) is 4.79 Å². The third kappa shape index (κ3) is 3.45. The summed E-state index contributed by atoms with van der Waals surface area (Å²) >= 11 is 3.42. The van der Waals surface area contributed by atoms with Crippen LogP contribution >= 0.6 is 15.9 Å². The lowest BCUT2D eigenvalue weighted by molar-refractivity contribution is -0.118. The number of hydrogen-bond acceptors (Lipinski definition) is 2. The molecule has 0 spiro atoms. The van der Waals surface area contributed by atoms with E-state index in [-0.39, 0.29) is 11.9 Å². The summed E-state index contributed by atoms with van der Waals surface area (Å²) in [5.74, 6) is 0.0475. The summed E-state index contributed by atoms with van der Waals surface area (Å²) in [7, 11) is 0. The maximum Gasteiger partial charge on any atom is 0.247 e. The third-order valence-electron chi connectivity index (χ3n) is 3.53. The van der Waals surface area contributed by atoms with Gasteiger partial charge < -0.3 is 10.6 Å². The number of amides is 1. The van der Waals surface area contributed by atoms with Gasteiger partial charge in [-0.1, -0.05) is 35.0 Å². The van der Waals surface area contributed by atoms with Gasteiger partial charge in [0.2, 0.25) is 5.91 Å². The van der Waals surface area contributed by atoms with Crippen LogP contribution in [0, 0.1) is 0 Å². The largest absolute Gasteiger partial charge is 0.346 e. The SMILES string of the molecule is CCC(NC(=O)C(C)=C1CNC1)c1ccc(Br)cc1. The minimum atomic E-state index is 0.0475. The Kier molecular flexibility index (Phi) is 4.77. The lowest BCUT2D eigenvalue weighted by Crippen LogP contribution is -2.38. The molecule has 3 nitrogen and oxygen atoms in total. The van der Waals surface area contributed by atoms with Gasteiger partial charge in [-0.05, 0) is 36.6 Å². The molecule has 1 atom stereocenters. The average molecular weight is 323 g/mol. The van der Waals surface area contributed by atoms with E-state index in [0.29, 0.717) is 0 Å². The van der Waals surface area contributed by atoms with Gasteiger partial charge in [0.1, 0.15) is 0 Å². The molecule has 2 rings (SSSR count). The number of rotatable bonds is 4. The van der Waals surface area contributed by atoms with Gasteiger partial charge in [-0.3, -0.25) is 4.79 Å². The molecule has 0 radical (unpaired) electrons. The summed E-state index contributed by atoms with van der Waals surface area (Å²) < 4.78 is 1.05. The Morgan fingerprint density at radius 1 is 1.37 bits per heavy atom. The van der Waals surface area contributed by atoms with E-state index in [1.54, 1.807) is 0 Å². The van der Waals surface area contributed by atoms with Crippen molar-refractivity contribution in [3.63, 3.8) is 0 Å². The summed E-state index contributed by atoms with van der Waals surface area (Å²) in [6, 6.07) is 8.18. The summed E-state index contributed by atoms with van der Waals surface area (Å²) in [5, 5.41) is 6.27. The average Bonchev–Trinajstić information content (AvgIpc) is 2.34. The van der Waals surface area contributed by atoms with Crippen molar-refractivity contribution in [2.45, 2.75) is 26.3 Å². The van der Waals surface area contributed by atoms with Crippen molar-refractivity contribution in [1.82, 2.24) is 10.6 Å². The van der Waals surface area contributed by atoms with Crippen LogP contribution in [0.3, 0.4) is 0 Å². The number of carbonyl (C=O) groups is 1. The van der Waals surface area contributed by atoms with Crippen molar-refractivity contribution >= 4 is 21.8 Å². The predicted octanol–water partition coefficient (Wildman–Crippen LogP) is 2.94. The second kappa shape index (κ2) is 6.35. The quantitative estimate of drug-likeness (QED) is 0.837. The van der Waals surface area contributed by atoms with E-state index in [1.165, 1.54) is 5.57 Å². The zero-order chi connectivity index (χ0) is 13.8. The van der Waals surface area contributed by atoms with Crippen LogP contribution in [0.5, 0.6) is 0 Å². The zero-order valence-electron chi connectivity index (χ0n) is 11.3. The van der Waals surface area contributed by atoms with Crippen LogP contribution in [-0.2, 0) is 4.79 Å². The van der Waals surface area contributed by atoms with Gasteiger partial charge >= 0.3 is 0 Å². The van der Waals surface area contributed by atoms with Gasteiger partial charge in [-0.15, -0.1) is 0 Å². The Balaban J connectivity index is 2.06. The van der Waals surface area contributed by atoms with E-state index < -0.39 is 0 Å². The van der Waals surface area contributed by atoms with Crippen LogP contribution in [0.1, 0.15) is 31.9 Å². The molecule has 2 N–H and O–H groups in total. The maximum absolute atomic E-state index is 12.2. The van der Waals surface area contributed by atoms with Crippen molar-refractivity contribution in [2.24, 2.45) is 0 Å². The molecule has 1 saturated heterocycles. The Labute approximate surface area is 122 Å². The first-order chi connectivity index (χ1) is 9.11. The van der Waals surface area contributed by atoms with Crippen molar-refractivity contribution in [2.75, 3.05) is 13.1 Å². The highest BCUT2D eigenvalue weighted by Gasteiger charge is 2.18. The molecule has 1 aromatic rings. The Morgan fingerprint density at radius 3 is 2.47 bits per heavy atom. The van der Waals surface area contributed by atoms with Crippen LogP contribution < -0.4 is 10.6 Å². The molecule has 1 aliphatic rings. The van der Waals surface area contributed by atoms with Crippen LogP contribution in [0.25, 0.3) is 0 Å². The number of carbonyl (C=O) groups excluding carboxylic acids is 1. The molecule has 0 bridgehead atoms. The fraction of sp³-hybridized carbons (Fsp3) is 0.400. The second-order valence-electron chi connectivity index (χ2n) is 4.82. The topological polar surface area (TPSA) is 41.1 Å². The Bertz CT molecular complexity index is 487. The van der Waals surface area contributed by atoms with E-state index in [2.05, 4.69) is 33.5 Å². The van der Waals surface area contributed by atoms with Gasteiger partial charge in [0.05, 0.1) is 6.04 Å². The molecule has 1 amide bonds. The molecule has 1 heterocycles. The summed E-state index contributed by atoms with van der Waals surface area (Å²) in [6.07, 6.45) is 0.883. The summed E-state index contributed by atoms with van der Waals surface area (Å²) in [4.78, 5) is 12.2. The summed E-state index contributed by atoms with van der Waals surface area (Å²) in [6.45, 7) is 5.67. The lowest BCUT2D eigenvalue weighted by Gasteiger charge is -2.23. The van der Waals surface area contributed by atoms with E-state index in [4.69, 9.17) is 0 Å². The molecule has 1 unspecified atom stereocenters. The molecular formula is C15H19BrN2O. The van der Waals surface area contributed by atoms with Gasteiger partial charge in [0.25, 0.3) is 0 Å². The minimum absolute atomic E-state index is 0.0475. The molecular weight excluding hydrogens is 304 g/mol. The predicted molar refractivity (Wildman–Crippen MR) is 80.9 cm³/mol. The molecule has 1 aliphatic heterocycles. The van der Waals surface area contributed by atoms with E-state index in [0.717, 1.165) is 35.1 Å². The standard InChI is InChI=1S/C15H19BrN2O/c1-3-14(11-4-6-13(16)7-5-11)18-15(19)10(2)12-8-17-9-12/h4-7,14,17H,3,8-9H2,1-2H3,(H,18,19). The van der Waals surface area contributed by atoms with Gasteiger partial charge in [0.15, 0.2) is 0 Å². The maximum atomic E-state index is 12.2. The van der Waals surface area contributed by atoms with Crippen molar-refractivity contribution in [3.8, 4) is 0 Å². The molecule has 4 heteroatoms. The summed E-state index contributed by atoms with van der Waals surface area (Å²) in [5.41, 5.74) is 3.21. The molecule has 1 aromatic carbocycles. The lowest BCUT2D eigenvalue weighted by atomic mass is 10.0. The first-order valence-electron chi connectivity index (χ1n) is 6.57. The van der Waals surface area contributed by atoms with Crippen molar-refractivity contribution in [3.05, 3.63) is 45.4 Å². The van der Waals surface area contributed by atoms with Crippen LogP contribution in [0.4, 0.5) is 0 Å². The highest BCUT2D eigenvalue weighted by molar-refractivity contribution is 9.10. The molecule has 1 fully saturated rings. The Morgan fingerprint density at radius 2 is 2.00 bits per heavy atom. The smallest absolute Gasteiger partial charge is 0.247 e. The van der Waals surface area contributed by atoms with Crippen molar-refractivity contribution < 1.29 is 4.79 Å². The fourth-order valence-corrected chi connectivity index (χ4v) is 2.32. The first kappa shape index (κ1) is 14.3. The van der Waals surface area contributed by atoms with E-state index >= 15 is 0 Å². The highest BCUT2D eigenvalue weighted by Crippen LogP contribution is 2.20. The van der Waals surface area contributed by atoms with Gasteiger partial charge in [-0.25, -0.2) is 0 Å². The molecule has 0 saturated carbocycles. The molecule has 19 heavy (non-hydrogen) atoms. The van der Waals surface area contributed by atoms with Crippen LogP contribution in [0.15, 0.2) is 39.9 Å². The minimum Gasteiger partial charge on any atom is -0.346 e. The van der Waals surface area contributed by atoms with Crippen molar-refractivity contribution in [1.29, 1.82) is 0 Å². The number of benzene rings is 1. The Hall–Kier alpha value is -1.13. The number of nitrogens with one attached hydrogen (secondary N) is 2. The van der Waals surface area contributed by atoms with Crippen LogP contribution in [0.2, 0.25) is 0 Å². The second-order valence-corrected chi connectivity index (χ2v) is 5.73. The zero-order valence-corrected chi connectivity index (χ0v) is 12.9. The molecule has 102 valence electrons. The number of hydrogen-bond donors (Lipinski definition) is 2. The monoisotopic (exact) mass is 322 g/mol. The number of halogens is 1. The van der Waals surface area contributed by atoms with Gasteiger partial charge in [0, 0.05) is 23.1 Å². The third-order valence-corrected chi connectivity index (χ3v) is 4.06. The van der Waals surface area contributed by atoms with Gasteiger partial charge in [-0.2, -0.15) is 0 Å². The van der Waals surface area contributed by atoms with Crippen LogP contribution in [-0.4, -0.2) is 19.0 Å². The first-order valence-corrected chi connectivity index (χ1v) is 7.36. The molecule has 0 aromatic heterocycles.